The molecule has 0 fully saturated rings. The van der Waals surface area contributed by atoms with Crippen molar-refractivity contribution in [1.29, 1.82) is 0 Å². The van der Waals surface area contributed by atoms with Crippen molar-refractivity contribution in [3.05, 3.63) is 53.6 Å². The van der Waals surface area contributed by atoms with Crippen LogP contribution < -0.4 is 14.8 Å². The second-order valence-corrected chi connectivity index (χ2v) is 7.89. The Morgan fingerprint density at radius 3 is 2.34 bits per heavy atom. The summed E-state index contributed by atoms with van der Waals surface area (Å²) in [4.78, 5) is 12.0. The van der Waals surface area contributed by atoms with Gasteiger partial charge in [-0.3, -0.25) is 4.79 Å². The van der Waals surface area contributed by atoms with Crippen LogP contribution >= 0.6 is 0 Å². The number of aryl methyl sites for hydroxylation is 1. The monoisotopic (exact) mass is 430 g/mol. The molecule has 0 saturated carbocycles. The molecule has 0 aromatic heterocycles. The molecule has 2 N–H and O–H groups in total. The maximum absolute atomic E-state index is 12.9. The number of nitrogens with one attached hydrogen (secondary N) is 2. The summed E-state index contributed by atoms with van der Waals surface area (Å²) in [5, 5.41) is 2.34. The van der Waals surface area contributed by atoms with Crippen LogP contribution in [0, 0.1) is 6.92 Å². The number of hydrogen-bond acceptors (Lipinski definition) is 4. The van der Waals surface area contributed by atoms with Crippen LogP contribution in [0.15, 0.2) is 47.4 Å². The van der Waals surface area contributed by atoms with Crippen molar-refractivity contribution in [3.63, 3.8) is 0 Å². The summed E-state index contributed by atoms with van der Waals surface area (Å²) in [5.41, 5.74) is -0.813. The lowest BCUT2D eigenvalue weighted by atomic mass is 10.1. The zero-order valence-corrected chi connectivity index (χ0v) is 16.7. The average Bonchev–Trinajstić information content (AvgIpc) is 2.63. The van der Waals surface area contributed by atoms with Crippen LogP contribution in [0.4, 0.5) is 18.9 Å². The Morgan fingerprint density at radius 2 is 1.76 bits per heavy atom. The van der Waals surface area contributed by atoms with Crippen molar-refractivity contribution in [1.82, 2.24) is 4.72 Å². The van der Waals surface area contributed by atoms with E-state index in [1.807, 2.05) is 0 Å². The fourth-order valence-corrected chi connectivity index (χ4v) is 3.52. The van der Waals surface area contributed by atoms with Gasteiger partial charge in [-0.15, -0.1) is 0 Å². The standard InChI is InChI=1S/C19H21F3N2O4S/c1-3-28-15-6-8-16(9-7-15)29(26,27)23-11-10-18(25)24-14-5-4-13(2)17(12-14)19(20,21)22/h4-9,12,23H,3,10-11H2,1-2H3,(H,24,25). The van der Waals surface area contributed by atoms with Crippen molar-refractivity contribution in [2.45, 2.75) is 31.3 Å². The predicted octanol–water partition coefficient (Wildman–Crippen LogP) is 3.72. The van der Waals surface area contributed by atoms with Gasteiger partial charge in [-0.1, -0.05) is 6.07 Å². The van der Waals surface area contributed by atoms with E-state index in [4.69, 9.17) is 4.74 Å². The topological polar surface area (TPSA) is 84.5 Å². The van der Waals surface area contributed by atoms with Gasteiger partial charge in [-0.25, -0.2) is 13.1 Å². The minimum atomic E-state index is -4.53. The lowest BCUT2D eigenvalue weighted by Crippen LogP contribution is -2.27. The van der Waals surface area contributed by atoms with Crippen molar-refractivity contribution in [2.75, 3.05) is 18.5 Å². The summed E-state index contributed by atoms with van der Waals surface area (Å²) < 4.78 is 70.8. The number of carbonyl (C=O) groups is 1. The van der Waals surface area contributed by atoms with E-state index < -0.39 is 27.7 Å². The number of alkyl halides is 3. The van der Waals surface area contributed by atoms with Crippen LogP contribution in [0.3, 0.4) is 0 Å². The van der Waals surface area contributed by atoms with Crippen molar-refractivity contribution in [2.24, 2.45) is 0 Å². The third kappa shape index (κ3) is 6.47. The quantitative estimate of drug-likeness (QED) is 0.669. The number of sulfonamides is 1. The third-order valence-corrected chi connectivity index (χ3v) is 5.39. The largest absolute Gasteiger partial charge is 0.494 e. The van der Waals surface area contributed by atoms with E-state index in [9.17, 15) is 26.4 Å². The van der Waals surface area contributed by atoms with Gasteiger partial charge in [0.15, 0.2) is 0 Å². The van der Waals surface area contributed by atoms with Crippen LogP contribution in [0.2, 0.25) is 0 Å². The molecule has 0 heterocycles. The molecule has 0 unspecified atom stereocenters. The zero-order chi connectivity index (χ0) is 21.7. The first-order valence-corrected chi connectivity index (χ1v) is 10.2. The molecular weight excluding hydrogens is 409 g/mol. The average molecular weight is 430 g/mol. The lowest BCUT2D eigenvalue weighted by Gasteiger charge is -2.13. The normalized spacial score (nSPS) is 11.9. The predicted molar refractivity (Wildman–Crippen MR) is 102 cm³/mol. The minimum Gasteiger partial charge on any atom is -0.494 e. The molecular formula is C19H21F3N2O4S. The molecule has 0 radical (unpaired) electrons. The summed E-state index contributed by atoms with van der Waals surface area (Å²) in [6.07, 6.45) is -4.77. The first-order valence-electron chi connectivity index (χ1n) is 8.73. The number of hydrogen-bond donors (Lipinski definition) is 2. The van der Waals surface area contributed by atoms with Gasteiger partial charge in [0.25, 0.3) is 0 Å². The summed E-state index contributed by atoms with van der Waals surface area (Å²) >= 11 is 0. The van der Waals surface area contributed by atoms with Gasteiger partial charge in [0.2, 0.25) is 15.9 Å². The molecule has 2 rings (SSSR count). The fourth-order valence-electron chi connectivity index (χ4n) is 2.49. The van der Waals surface area contributed by atoms with Crippen LogP contribution in [-0.2, 0) is 21.0 Å². The molecule has 0 spiro atoms. The molecule has 6 nitrogen and oxygen atoms in total. The van der Waals surface area contributed by atoms with E-state index in [1.54, 1.807) is 6.92 Å². The second kappa shape index (κ2) is 9.27. The van der Waals surface area contributed by atoms with Gasteiger partial charge >= 0.3 is 6.18 Å². The highest BCUT2D eigenvalue weighted by Crippen LogP contribution is 2.33. The summed E-state index contributed by atoms with van der Waals surface area (Å²) in [5.74, 6) is -0.0847. The van der Waals surface area contributed by atoms with E-state index in [0.29, 0.717) is 12.4 Å². The molecule has 0 bridgehead atoms. The Morgan fingerprint density at radius 1 is 1.10 bits per heavy atom. The first-order chi connectivity index (χ1) is 13.5. The molecule has 2 aromatic rings. The number of benzene rings is 2. The number of ether oxygens (including phenoxy) is 1. The van der Waals surface area contributed by atoms with Gasteiger partial charge in [0.05, 0.1) is 17.1 Å². The van der Waals surface area contributed by atoms with Gasteiger partial charge in [0.1, 0.15) is 5.75 Å². The van der Waals surface area contributed by atoms with Crippen LogP contribution in [0.1, 0.15) is 24.5 Å². The maximum atomic E-state index is 12.9. The molecule has 0 atom stereocenters. The van der Waals surface area contributed by atoms with Crippen molar-refractivity contribution < 1.29 is 31.1 Å². The molecule has 0 aliphatic heterocycles. The Hall–Kier alpha value is -2.59. The molecule has 10 heteroatoms. The molecule has 0 saturated heterocycles. The van der Waals surface area contributed by atoms with E-state index >= 15 is 0 Å². The highest BCUT2D eigenvalue weighted by atomic mass is 32.2. The molecule has 29 heavy (non-hydrogen) atoms. The Bertz CT molecular complexity index is 958. The second-order valence-electron chi connectivity index (χ2n) is 6.13. The number of rotatable bonds is 8. The Kier molecular flexibility index (Phi) is 7.26. The molecule has 2 aromatic carbocycles. The van der Waals surface area contributed by atoms with Crippen LogP contribution in [0.5, 0.6) is 5.75 Å². The Labute approximate surface area is 167 Å². The minimum absolute atomic E-state index is 0.00900. The van der Waals surface area contributed by atoms with Crippen LogP contribution in [0.25, 0.3) is 0 Å². The third-order valence-electron chi connectivity index (χ3n) is 3.92. The zero-order valence-electron chi connectivity index (χ0n) is 15.8. The lowest BCUT2D eigenvalue weighted by molar-refractivity contribution is -0.138. The molecule has 1 amide bonds. The smallest absolute Gasteiger partial charge is 0.416 e. The van der Waals surface area contributed by atoms with E-state index in [2.05, 4.69) is 10.0 Å². The van der Waals surface area contributed by atoms with Gasteiger partial charge < -0.3 is 10.1 Å². The first kappa shape index (κ1) is 22.7. The van der Waals surface area contributed by atoms with E-state index in [1.165, 1.54) is 43.3 Å². The summed E-state index contributed by atoms with van der Waals surface area (Å²) in [7, 11) is -3.83. The highest BCUT2D eigenvalue weighted by Gasteiger charge is 2.32. The number of halogens is 3. The SMILES string of the molecule is CCOc1ccc(S(=O)(=O)NCCC(=O)Nc2ccc(C)c(C(F)(F)F)c2)cc1. The van der Waals surface area contributed by atoms with Gasteiger partial charge in [-0.2, -0.15) is 13.2 Å². The van der Waals surface area contributed by atoms with Gasteiger partial charge in [0, 0.05) is 18.7 Å². The molecule has 158 valence electrons. The summed E-state index contributed by atoms with van der Waals surface area (Å²) in [6.45, 7) is 3.37. The van der Waals surface area contributed by atoms with Gasteiger partial charge in [-0.05, 0) is 55.8 Å². The summed E-state index contributed by atoms with van der Waals surface area (Å²) in [6, 6.07) is 9.23. The highest BCUT2D eigenvalue weighted by molar-refractivity contribution is 7.89. The number of anilines is 1. The van der Waals surface area contributed by atoms with Crippen molar-refractivity contribution in [3.8, 4) is 5.75 Å². The van der Waals surface area contributed by atoms with Crippen molar-refractivity contribution >= 4 is 21.6 Å². The molecule has 0 aliphatic rings. The number of amides is 1. The van der Waals surface area contributed by atoms with Crippen LogP contribution in [-0.4, -0.2) is 27.5 Å². The molecule has 0 aliphatic carbocycles. The Balaban J connectivity index is 1.92. The van der Waals surface area contributed by atoms with E-state index in [-0.39, 0.29) is 29.1 Å². The fraction of sp³-hybridized carbons (Fsp3) is 0.316. The maximum Gasteiger partial charge on any atom is 0.416 e. The van der Waals surface area contributed by atoms with E-state index in [0.717, 1.165) is 6.07 Å². The number of carbonyl (C=O) groups excluding carboxylic acids is 1.